The third kappa shape index (κ3) is 3.37. The van der Waals surface area contributed by atoms with Crippen LogP contribution in [0, 0.1) is 10.1 Å². The zero-order valence-corrected chi connectivity index (χ0v) is 13.7. The van der Waals surface area contributed by atoms with Gasteiger partial charge in [0.15, 0.2) is 4.34 Å². The minimum Gasteiger partial charge on any atom is -0.389 e. The Kier molecular flexibility index (Phi) is 4.60. The van der Waals surface area contributed by atoms with Crippen molar-refractivity contribution in [3.8, 4) is 0 Å². The summed E-state index contributed by atoms with van der Waals surface area (Å²) >= 11 is 6.34. The molecule has 0 unspecified atom stereocenters. The molecule has 1 saturated carbocycles. The van der Waals surface area contributed by atoms with Gasteiger partial charge in [-0.15, -0.1) is 11.3 Å². The van der Waals surface area contributed by atoms with Crippen LogP contribution in [0.4, 0.5) is 5.69 Å². The molecule has 1 heterocycles. The molecule has 0 radical (unpaired) electrons. The summed E-state index contributed by atoms with van der Waals surface area (Å²) < 4.78 is 25.5. The highest BCUT2D eigenvalue weighted by Gasteiger charge is 2.37. The molecule has 0 atom stereocenters. The topological polar surface area (TPSA) is 101 Å². The molecular weight excluding hydrogens is 340 g/mol. The van der Waals surface area contributed by atoms with Gasteiger partial charge in [0.25, 0.3) is 15.7 Å². The van der Waals surface area contributed by atoms with Crippen molar-refractivity contribution in [2.45, 2.75) is 35.5 Å². The van der Waals surface area contributed by atoms with E-state index in [9.17, 15) is 23.6 Å². The Bertz CT molecular complexity index is 652. The van der Waals surface area contributed by atoms with Crippen molar-refractivity contribution in [1.82, 2.24) is 4.31 Å². The summed E-state index contributed by atoms with van der Waals surface area (Å²) in [5.74, 6) is 0. The third-order valence-electron chi connectivity index (χ3n) is 3.56. The molecule has 21 heavy (non-hydrogen) atoms. The third-order valence-corrected chi connectivity index (χ3v) is 7.15. The molecular formula is C11H15ClN2O5S2. The standard InChI is InChI=1S/C11H15ClN2O5S2/c1-13(7-11(15)4-2-3-5-11)21(18,19)9-6-8(14(16)17)10(12)20-9/h6,15H,2-5,7H2,1H3. The van der Waals surface area contributed by atoms with E-state index in [0.29, 0.717) is 24.2 Å². The number of sulfonamides is 1. The van der Waals surface area contributed by atoms with Crippen LogP contribution in [-0.2, 0) is 10.0 Å². The van der Waals surface area contributed by atoms with Crippen molar-refractivity contribution in [3.63, 3.8) is 0 Å². The fourth-order valence-electron chi connectivity index (χ4n) is 2.43. The van der Waals surface area contributed by atoms with E-state index in [1.807, 2.05) is 0 Å². The van der Waals surface area contributed by atoms with Gasteiger partial charge < -0.3 is 5.11 Å². The van der Waals surface area contributed by atoms with Gasteiger partial charge in [0.1, 0.15) is 4.21 Å². The highest BCUT2D eigenvalue weighted by atomic mass is 35.5. The molecule has 0 bridgehead atoms. The number of aliphatic hydroxyl groups is 1. The van der Waals surface area contributed by atoms with E-state index >= 15 is 0 Å². The summed E-state index contributed by atoms with van der Waals surface area (Å²) in [6.45, 7) is -0.0291. The molecule has 0 spiro atoms. The second-order valence-corrected chi connectivity index (χ2v) is 9.10. The average Bonchev–Trinajstić information content (AvgIpc) is 2.96. The summed E-state index contributed by atoms with van der Waals surface area (Å²) in [5.41, 5.74) is -1.44. The van der Waals surface area contributed by atoms with Gasteiger partial charge in [0.05, 0.1) is 10.5 Å². The van der Waals surface area contributed by atoms with Crippen LogP contribution < -0.4 is 0 Å². The molecule has 1 aromatic rings. The van der Waals surface area contributed by atoms with Crippen molar-refractivity contribution in [2.75, 3.05) is 13.6 Å². The van der Waals surface area contributed by atoms with Gasteiger partial charge in [-0.2, -0.15) is 4.31 Å². The van der Waals surface area contributed by atoms with Gasteiger partial charge in [-0.1, -0.05) is 24.4 Å². The molecule has 0 aliphatic heterocycles. The number of likely N-dealkylation sites (N-methyl/N-ethyl adjacent to an activating group) is 1. The number of thiophene rings is 1. The lowest BCUT2D eigenvalue weighted by Crippen LogP contribution is -2.41. The molecule has 0 aromatic carbocycles. The summed E-state index contributed by atoms with van der Waals surface area (Å²) in [7, 11) is -2.54. The van der Waals surface area contributed by atoms with Gasteiger partial charge in [-0.05, 0) is 12.8 Å². The van der Waals surface area contributed by atoms with E-state index in [2.05, 4.69) is 0 Å². The average molecular weight is 355 g/mol. The van der Waals surface area contributed by atoms with Crippen LogP contribution in [0.1, 0.15) is 25.7 Å². The van der Waals surface area contributed by atoms with Crippen molar-refractivity contribution >= 4 is 38.6 Å². The highest BCUT2D eigenvalue weighted by Crippen LogP contribution is 2.38. The lowest BCUT2D eigenvalue weighted by atomic mass is 10.0. The van der Waals surface area contributed by atoms with E-state index < -0.39 is 26.2 Å². The Hall–Kier alpha value is -0.740. The van der Waals surface area contributed by atoms with E-state index in [1.165, 1.54) is 7.05 Å². The minimum absolute atomic E-state index is 0.0291. The summed E-state index contributed by atoms with van der Waals surface area (Å²) in [6, 6.07) is 0.956. The zero-order chi connectivity index (χ0) is 15.8. The quantitative estimate of drug-likeness (QED) is 0.645. The number of nitrogens with zero attached hydrogens (tertiary/aromatic N) is 2. The first-order valence-electron chi connectivity index (χ1n) is 6.28. The van der Waals surface area contributed by atoms with Crippen LogP contribution in [0.3, 0.4) is 0 Å². The first-order chi connectivity index (χ1) is 9.66. The second-order valence-electron chi connectivity index (χ2n) is 5.17. The molecule has 1 aliphatic rings. The smallest absolute Gasteiger partial charge is 0.300 e. The first kappa shape index (κ1) is 16.6. The monoisotopic (exact) mass is 354 g/mol. The molecule has 0 amide bonds. The van der Waals surface area contributed by atoms with Gasteiger partial charge in [-0.3, -0.25) is 10.1 Å². The van der Waals surface area contributed by atoms with E-state index in [1.54, 1.807) is 0 Å². The van der Waals surface area contributed by atoms with Gasteiger partial charge in [0, 0.05) is 19.7 Å². The maximum atomic E-state index is 12.4. The molecule has 118 valence electrons. The lowest BCUT2D eigenvalue weighted by molar-refractivity contribution is -0.384. The minimum atomic E-state index is -3.90. The number of halogens is 1. The van der Waals surface area contributed by atoms with Crippen LogP contribution in [-0.4, -0.2) is 41.9 Å². The Morgan fingerprint density at radius 1 is 1.52 bits per heavy atom. The SMILES string of the molecule is CN(CC1(O)CCCC1)S(=O)(=O)c1cc([N+](=O)[O-])c(Cl)s1. The molecule has 1 fully saturated rings. The van der Waals surface area contributed by atoms with Gasteiger partial charge in [-0.25, -0.2) is 8.42 Å². The van der Waals surface area contributed by atoms with E-state index in [0.717, 1.165) is 23.2 Å². The molecule has 7 nitrogen and oxygen atoms in total. The van der Waals surface area contributed by atoms with E-state index in [-0.39, 0.29) is 15.1 Å². The molecule has 1 aromatic heterocycles. The molecule has 1 N–H and O–H groups in total. The van der Waals surface area contributed by atoms with Gasteiger partial charge in [0.2, 0.25) is 0 Å². The zero-order valence-electron chi connectivity index (χ0n) is 11.3. The van der Waals surface area contributed by atoms with Crippen molar-refractivity contribution < 1.29 is 18.4 Å². The van der Waals surface area contributed by atoms with Crippen molar-refractivity contribution in [2.24, 2.45) is 0 Å². The lowest BCUT2D eigenvalue weighted by Gasteiger charge is -2.27. The summed E-state index contributed by atoms with van der Waals surface area (Å²) in [4.78, 5) is 10.0. The Balaban J connectivity index is 2.24. The van der Waals surface area contributed by atoms with Crippen molar-refractivity contribution in [3.05, 3.63) is 20.5 Å². The normalized spacial score (nSPS) is 18.3. The Labute approximate surface area is 131 Å². The highest BCUT2D eigenvalue weighted by molar-refractivity contribution is 7.91. The predicted molar refractivity (Wildman–Crippen MR) is 79.2 cm³/mol. The molecule has 10 heteroatoms. The first-order valence-corrected chi connectivity index (χ1v) is 8.92. The maximum absolute atomic E-state index is 12.4. The maximum Gasteiger partial charge on any atom is 0.300 e. The number of hydrogen-bond acceptors (Lipinski definition) is 6. The fourth-order valence-corrected chi connectivity index (χ4v) is 5.56. The van der Waals surface area contributed by atoms with Crippen molar-refractivity contribution in [1.29, 1.82) is 0 Å². The van der Waals surface area contributed by atoms with Crippen LogP contribution in [0.2, 0.25) is 4.34 Å². The number of nitro groups is 1. The summed E-state index contributed by atoms with van der Waals surface area (Å²) in [5, 5.41) is 21.0. The van der Waals surface area contributed by atoms with Crippen LogP contribution in [0.5, 0.6) is 0 Å². The Morgan fingerprint density at radius 2 is 2.10 bits per heavy atom. The van der Waals surface area contributed by atoms with Crippen LogP contribution >= 0.6 is 22.9 Å². The largest absolute Gasteiger partial charge is 0.389 e. The molecule has 2 rings (SSSR count). The number of hydrogen-bond donors (Lipinski definition) is 1. The van der Waals surface area contributed by atoms with Gasteiger partial charge >= 0.3 is 0 Å². The van der Waals surface area contributed by atoms with Crippen LogP contribution in [0.25, 0.3) is 0 Å². The molecule has 0 saturated heterocycles. The Morgan fingerprint density at radius 3 is 2.57 bits per heavy atom. The fraction of sp³-hybridized carbons (Fsp3) is 0.636. The predicted octanol–water partition coefficient (Wildman–Crippen LogP) is 2.24. The van der Waals surface area contributed by atoms with Crippen LogP contribution in [0.15, 0.2) is 10.3 Å². The van der Waals surface area contributed by atoms with E-state index in [4.69, 9.17) is 11.6 Å². The second kappa shape index (κ2) is 5.81. The number of rotatable bonds is 5. The molecule has 1 aliphatic carbocycles. The summed E-state index contributed by atoms with van der Waals surface area (Å²) in [6.07, 6.45) is 2.83.